The number of carbonyl (C=O) groups is 2. The molecule has 16 heavy (non-hydrogen) atoms. The number of nitrogens with one attached hydrogen (secondary N) is 2. The van der Waals surface area contributed by atoms with Gasteiger partial charge in [0, 0.05) is 0 Å². The lowest BCUT2D eigenvalue weighted by atomic mass is 9.98. The van der Waals surface area contributed by atoms with Gasteiger partial charge in [-0.05, 0) is 19.1 Å². The summed E-state index contributed by atoms with van der Waals surface area (Å²) in [4.78, 5) is 22.5. The largest absolute Gasteiger partial charge is 0.481 e. The number of hydrogen-bond acceptors (Lipinski definition) is 3. The van der Waals surface area contributed by atoms with Crippen LogP contribution in [-0.2, 0) is 9.59 Å². The Morgan fingerprint density at radius 3 is 2.62 bits per heavy atom. The number of amides is 1. The molecule has 5 heteroatoms. The molecule has 3 N–H and O–H groups in total. The van der Waals surface area contributed by atoms with Gasteiger partial charge in [-0.2, -0.15) is 0 Å². The van der Waals surface area contributed by atoms with Crippen LogP contribution in [0.5, 0.6) is 0 Å². The summed E-state index contributed by atoms with van der Waals surface area (Å²) in [5.74, 6) is -2.08. The molecule has 1 aliphatic rings. The van der Waals surface area contributed by atoms with E-state index in [1.165, 1.54) is 6.92 Å². The molecular formula is C11H12N2O3. The second-order valence-corrected chi connectivity index (χ2v) is 3.78. The first-order valence-corrected chi connectivity index (χ1v) is 4.99. The highest BCUT2D eigenvalue weighted by Gasteiger charge is 2.33. The maximum absolute atomic E-state index is 11.7. The summed E-state index contributed by atoms with van der Waals surface area (Å²) in [6.07, 6.45) is 0. The normalized spacial score (nSPS) is 20.3. The summed E-state index contributed by atoms with van der Waals surface area (Å²) in [5, 5.41) is 14.5. The van der Waals surface area contributed by atoms with Gasteiger partial charge in [0.25, 0.3) is 0 Å². The molecule has 0 aromatic heterocycles. The second kappa shape index (κ2) is 3.84. The molecule has 0 saturated heterocycles. The van der Waals surface area contributed by atoms with Crippen LogP contribution in [0.15, 0.2) is 24.3 Å². The van der Waals surface area contributed by atoms with Crippen molar-refractivity contribution in [3.05, 3.63) is 24.3 Å². The van der Waals surface area contributed by atoms with Crippen molar-refractivity contribution in [2.45, 2.75) is 13.0 Å². The molecular weight excluding hydrogens is 208 g/mol. The van der Waals surface area contributed by atoms with Gasteiger partial charge in [0.1, 0.15) is 6.04 Å². The summed E-state index contributed by atoms with van der Waals surface area (Å²) in [6, 6.07) is 6.47. The van der Waals surface area contributed by atoms with Crippen molar-refractivity contribution in [1.29, 1.82) is 0 Å². The van der Waals surface area contributed by atoms with Gasteiger partial charge in [-0.25, -0.2) is 0 Å². The number of para-hydroxylation sites is 2. The molecule has 0 spiro atoms. The van der Waals surface area contributed by atoms with E-state index in [9.17, 15) is 9.59 Å². The van der Waals surface area contributed by atoms with Crippen molar-refractivity contribution < 1.29 is 14.7 Å². The minimum Gasteiger partial charge on any atom is -0.481 e. The van der Waals surface area contributed by atoms with Crippen molar-refractivity contribution in [3.63, 3.8) is 0 Å². The number of anilines is 2. The molecule has 1 heterocycles. The highest BCUT2D eigenvalue weighted by molar-refractivity contribution is 6.04. The monoisotopic (exact) mass is 220 g/mol. The first-order chi connectivity index (χ1) is 7.59. The van der Waals surface area contributed by atoms with Crippen LogP contribution in [0.1, 0.15) is 6.92 Å². The van der Waals surface area contributed by atoms with Gasteiger partial charge in [-0.3, -0.25) is 9.59 Å². The van der Waals surface area contributed by atoms with E-state index in [4.69, 9.17) is 5.11 Å². The molecule has 0 bridgehead atoms. The van der Waals surface area contributed by atoms with Crippen molar-refractivity contribution in [2.24, 2.45) is 5.92 Å². The van der Waals surface area contributed by atoms with Gasteiger partial charge in [-0.15, -0.1) is 0 Å². The predicted molar refractivity (Wildman–Crippen MR) is 59.3 cm³/mol. The molecule has 0 aliphatic carbocycles. The number of benzene rings is 1. The van der Waals surface area contributed by atoms with Crippen LogP contribution in [0, 0.1) is 5.92 Å². The summed E-state index contributed by atoms with van der Waals surface area (Å²) in [7, 11) is 0. The zero-order valence-corrected chi connectivity index (χ0v) is 8.73. The van der Waals surface area contributed by atoms with E-state index in [1.54, 1.807) is 12.1 Å². The minimum atomic E-state index is -0.993. The highest BCUT2D eigenvalue weighted by atomic mass is 16.4. The summed E-state index contributed by atoms with van der Waals surface area (Å²) >= 11 is 0. The molecule has 0 fully saturated rings. The zero-order chi connectivity index (χ0) is 11.7. The van der Waals surface area contributed by atoms with Crippen LogP contribution in [0.3, 0.4) is 0 Å². The number of fused-ring (bicyclic) bond motifs is 1. The Hall–Kier alpha value is -2.04. The van der Waals surface area contributed by atoms with Crippen LogP contribution >= 0.6 is 0 Å². The van der Waals surface area contributed by atoms with Crippen molar-refractivity contribution >= 4 is 23.3 Å². The maximum Gasteiger partial charge on any atom is 0.308 e. The molecule has 0 radical (unpaired) electrons. The quantitative estimate of drug-likeness (QED) is 0.698. The maximum atomic E-state index is 11.7. The minimum absolute atomic E-state index is 0.311. The third-order valence-corrected chi connectivity index (χ3v) is 2.67. The standard InChI is InChI=1S/C11H12N2O3/c1-6(11(15)16)9-10(14)13-8-5-3-2-4-7(8)12-9/h2-6,9,12H,1H3,(H,13,14)(H,15,16). The third kappa shape index (κ3) is 1.71. The number of carboxylic acids is 1. The first-order valence-electron chi connectivity index (χ1n) is 4.99. The van der Waals surface area contributed by atoms with Crippen molar-refractivity contribution in [2.75, 3.05) is 10.6 Å². The van der Waals surface area contributed by atoms with Crippen LogP contribution in [0.2, 0.25) is 0 Å². The number of aliphatic carboxylic acids is 1. The molecule has 1 aromatic rings. The third-order valence-electron chi connectivity index (χ3n) is 2.67. The van der Waals surface area contributed by atoms with E-state index >= 15 is 0 Å². The van der Waals surface area contributed by atoms with Crippen molar-refractivity contribution in [3.8, 4) is 0 Å². The summed E-state index contributed by atoms with van der Waals surface area (Å²) < 4.78 is 0. The fourth-order valence-electron chi connectivity index (χ4n) is 1.66. The molecule has 2 atom stereocenters. The van der Waals surface area contributed by atoms with Gasteiger partial charge in [0.05, 0.1) is 17.3 Å². The Morgan fingerprint density at radius 1 is 1.38 bits per heavy atom. The lowest BCUT2D eigenvalue weighted by molar-refractivity contribution is -0.143. The van der Waals surface area contributed by atoms with Crippen LogP contribution in [0.4, 0.5) is 11.4 Å². The Balaban J connectivity index is 2.28. The molecule has 2 unspecified atom stereocenters. The number of carbonyl (C=O) groups excluding carboxylic acids is 1. The highest BCUT2D eigenvalue weighted by Crippen LogP contribution is 2.27. The molecule has 1 aromatic carbocycles. The fourth-order valence-corrected chi connectivity index (χ4v) is 1.66. The molecule has 5 nitrogen and oxygen atoms in total. The number of rotatable bonds is 2. The smallest absolute Gasteiger partial charge is 0.308 e. The molecule has 1 amide bonds. The number of carboxylic acid groups (broad SMARTS) is 1. The van der Waals surface area contributed by atoms with Gasteiger partial charge in [0.2, 0.25) is 5.91 Å². The lowest BCUT2D eigenvalue weighted by Gasteiger charge is -2.28. The van der Waals surface area contributed by atoms with E-state index in [1.807, 2.05) is 12.1 Å². The van der Waals surface area contributed by atoms with E-state index < -0.39 is 17.9 Å². The summed E-state index contributed by atoms with van der Waals surface area (Å²) in [5.41, 5.74) is 1.43. The van der Waals surface area contributed by atoms with Gasteiger partial charge in [0.15, 0.2) is 0 Å². The van der Waals surface area contributed by atoms with E-state index in [-0.39, 0.29) is 5.91 Å². The SMILES string of the molecule is CC(C(=O)O)C1Nc2ccccc2NC1=O. The van der Waals surface area contributed by atoms with Crippen LogP contribution in [-0.4, -0.2) is 23.0 Å². The van der Waals surface area contributed by atoms with Crippen LogP contribution in [0.25, 0.3) is 0 Å². The van der Waals surface area contributed by atoms with Gasteiger partial charge in [-0.1, -0.05) is 12.1 Å². The average molecular weight is 220 g/mol. The van der Waals surface area contributed by atoms with Crippen LogP contribution < -0.4 is 10.6 Å². The predicted octanol–water partition coefficient (Wildman–Crippen LogP) is 1.14. The Morgan fingerprint density at radius 2 is 2.00 bits per heavy atom. The molecule has 2 rings (SSSR count). The van der Waals surface area contributed by atoms with E-state index in [0.29, 0.717) is 5.69 Å². The van der Waals surface area contributed by atoms with Crippen molar-refractivity contribution in [1.82, 2.24) is 0 Å². The zero-order valence-electron chi connectivity index (χ0n) is 8.73. The number of hydrogen-bond donors (Lipinski definition) is 3. The summed E-state index contributed by atoms with van der Waals surface area (Å²) in [6.45, 7) is 1.51. The van der Waals surface area contributed by atoms with Gasteiger partial charge < -0.3 is 15.7 Å². The second-order valence-electron chi connectivity index (χ2n) is 3.78. The first kappa shape index (κ1) is 10.5. The topological polar surface area (TPSA) is 78.4 Å². The van der Waals surface area contributed by atoms with E-state index in [2.05, 4.69) is 10.6 Å². The lowest BCUT2D eigenvalue weighted by Crippen LogP contribution is -2.45. The molecule has 1 aliphatic heterocycles. The fraction of sp³-hybridized carbons (Fsp3) is 0.273. The van der Waals surface area contributed by atoms with E-state index in [0.717, 1.165) is 5.69 Å². The Labute approximate surface area is 92.5 Å². The Kier molecular flexibility index (Phi) is 2.52. The Bertz CT molecular complexity index is 445. The van der Waals surface area contributed by atoms with Gasteiger partial charge >= 0.3 is 5.97 Å². The molecule has 0 saturated carbocycles. The average Bonchev–Trinajstić information content (AvgIpc) is 2.27. The molecule has 84 valence electrons.